The van der Waals surface area contributed by atoms with E-state index in [2.05, 4.69) is 5.32 Å². The van der Waals surface area contributed by atoms with Crippen LogP contribution in [-0.4, -0.2) is 37.7 Å². The number of hydrogen-bond acceptors (Lipinski definition) is 4. The zero-order valence-electron chi connectivity index (χ0n) is 15.9. The van der Waals surface area contributed by atoms with Gasteiger partial charge in [0, 0.05) is 24.5 Å². The van der Waals surface area contributed by atoms with Crippen LogP contribution in [0.4, 0.5) is 11.4 Å². The fourth-order valence-corrected chi connectivity index (χ4v) is 3.61. The smallest absolute Gasteiger partial charge is 0.262 e. The maximum Gasteiger partial charge on any atom is 0.262 e. The van der Waals surface area contributed by atoms with Crippen molar-refractivity contribution in [2.24, 2.45) is 0 Å². The molecule has 2 aromatic carbocycles. The van der Waals surface area contributed by atoms with E-state index in [1.807, 2.05) is 49.4 Å². The predicted molar refractivity (Wildman–Crippen MR) is 107 cm³/mol. The first kappa shape index (κ1) is 18.5. The first-order valence-electron chi connectivity index (χ1n) is 9.65. The number of aryl methyl sites for hydroxylation is 1. The minimum absolute atomic E-state index is 0.0161. The van der Waals surface area contributed by atoms with Gasteiger partial charge in [-0.25, -0.2) is 0 Å². The Labute approximate surface area is 164 Å². The van der Waals surface area contributed by atoms with Crippen molar-refractivity contribution in [3.63, 3.8) is 0 Å². The first-order chi connectivity index (χ1) is 13.6. The molecule has 0 bridgehead atoms. The summed E-state index contributed by atoms with van der Waals surface area (Å²) < 4.78 is 11.1. The van der Waals surface area contributed by atoms with Crippen molar-refractivity contribution in [2.75, 3.05) is 30.0 Å². The summed E-state index contributed by atoms with van der Waals surface area (Å²) in [5, 5.41) is 2.85. The van der Waals surface area contributed by atoms with Gasteiger partial charge in [-0.05, 0) is 56.0 Å². The summed E-state index contributed by atoms with van der Waals surface area (Å²) in [5.74, 6) is 0.431. The second-order valence-electron chi connectivity index (χ2n) is 7.23. The summed E-state index contributed by atoms with van der Waals surface area (Å²) in [6.07, 6.45) is 2.18. The Morgan fingerprint density at radius 3 is 2.79 bits per heavy atom. The van der Waals surface area contributed by atoms with E-state index < -0.39 is 0 Å². The van der Waals surface area contributed by atoms with Crippen LogP contribution < -0.4 is 15.0 Å². The minimum atomic E-state index is -0.341. The van der Waals surface area contributed by atoms with Gasteiger partial charge in [0.05, 0.1) is 0 Å². The van der Waals surface area contributed by atoms with Gasteiger partial charge in [0.1, 0.15) is 11.9 Å². The molecule has 1 N–H and O–H groups in total. The Morgan fingerprint density at radius 2 is 2.04 bits per heavy atom. The average Bonchev–Trinajstić information content (AvgIpc) is 3.37. The second-order valence-corrected chi connectivity index (χ2v) is 7.23. The van der Waals surface area contributed by atoms with E-state index in [1.54, 1.807) is 4.90 Å². The van der Waals surface area contributed by atoms with Crippen molar-refractivity contribution < 1.29 is 19.1 Å². The zero-order valence-corrected chi connectivity index (χ0v) is 15.9. The number of ether oxygens (including phenoxy) is 2. The molecule has 0 aliphatic carbocycles. The van der Waals surface area contributed by atoms with Gasteiger partial charge in [0.25, 0.3) is 11.8 Å². The van der Waals surface area contributed by atoms with Gasteiger partial charge in [-0.1, -0.05) is 23.8 Å². The maximum absolute atomic E-state index is 12.7. The largest absolute Gasteiger partial charge is 0.484 e. The van der Waals surface area contributed by atoms with Gasteiger partial charge in [-0.3, -0.25) is 9.59 Å². The highest BCUT2D eigenvalue weighted by Gasteiger charge is 2.32. The molecule has 1 fully saturated rings. The molecule has 2 aliphatic rings. The minimum Gasteiger partial charge on any atom is -0.484 e. The molecule has 0 saturated carbocycles. The van der Waals surface area contributed by atoms with E-state index in [9.17, 15) is 9.59 Å². The molecular formula is C22H24N2O4. The highest BCUT2D eigenvalue weighted by Crippen LogP contribution is 2.32. The van der Waals surface area contributed by atoms with Crippen LogP contribution in [0.1, 0.15) is 24.0 Å². The Balaban J connectivity index is 1.39. The Kier molecular flexibility index (Phi) is 5.30. The van der Waals surface area contributed by atoms with E-state index in [-0.39, 0.29) is 24.5 Å². The third-order valence-corrected chi connectivity index (χ3v) is 5.13. The Hall–Kier alpha value is -2.86. The molecule has 28 heavy (non-hydrogen) atoms. The standard InChI is InChI=1S/C22H24N2O4/c1-15-4-8-18(9-5-15)28-14-21(25)23-17-7-6-16-10-11-24(19(16)13-17)22(26)20-3-2-12-27-20/h4-9,13,20H,2-3,10-12,14H2,1H3,(H,23,25). The van der Waals surface area contributed by atoms with Gasteiger partial charge in [-0.2, -0.15) is 0 Å². The Bertz CT molecular complexity index is 873. The van der Waals surface area contributed by atoms with Gasteiger partial charge in [-0.15, -0.1) is 0 Å². The van der Waals surface area contributed by atoms with E-state index >= 15 is 0 Å². The average molecular weight is 380 g/mol. The van der Waals surface area contributed by atoms with Crippen LogP contribution in [0.25, 0.3) is 0 Å². The maximum atomic E-state index is 12.7. The van der Waals surface area contributed by atoms with Crippen molar-refractivity contribution in [1.82, 2.24) is 0 Å². The lowest BCUT2D eigenvalue weighted by Gasteiger charge is -2.21. The van der Waals surface area contributed by atoms with Gasteiger partial charge >= 0.3 is 0 Å². The number of nitrogens with one attached hydrogen (secondary N) is 1. The predicted octanol–water partition coefficient (Wildman–Crippen LogP) is 3.08. The molecule has 0 aromatic heterocycles. The van der Waals surface area contributed by atoms with Crippen molar-refractivity contribution in [3.8, 4) is 5.75 Å². The monoisotopic (exact) mass is 380 g/mol. The lowest BCUT2D eigenvalue weighted by molar-refractivity contribution is -0.127. The normalized spacial score (nSPS) is 18.0. The van der Waals surface area contributed by atoms with Crippen molar-refractivity contribution in [2.45, 2.75) is 32.3 Å². The number of fused-ring (bicyclic) bond motifs is 1. The number of carbonyl (C=O) groups is 2. The highest BCUT2D eigenvalue weighted by atomic mass is 16.5. The quantitative estimate of drug-likeness (QED) is 0.866. The van der Waals surface area contributed by atoms with E-state index in [1.165, 1.54) is 0 Å². The van der Waals surface area contributed by atoms with Crippen LogP contribution in [-0.2, 0) is 20.7 Å². The van der Waals surface area contributed by atoms with Gasteiger partial charge in [0.2, 0.25) is 0 Å². The Morgan fingerprint density at radius 1 is 1.21 bits per heavy atom. The molecule has 4 rings (SSSR count). The molecular weight excluding hydrogens is 356 g/mol. The molecule has 1 saturated heterocycles. The highest BCUT2D eigenvalue weighted by molar-refractivity contribution is 6.00. The molecule has 1 atom stereocenters. The van der Waals surface area contributed by atoms with E-state index in [4.69, 9.17) is 9.47 Å². The molecule has 2 heterocycles. The third-order valence-electron chi connectivity index (χ3n) is 5.13. The summed E-state index contributed by atoms with van der Waals surface area (Å²) in [7, 11) is 0. The third kappa shape index (κ3) is 4.02. The molecule has 6 heteroatoms. The summed E-state index contributed by atoms with van der Waals surface area (Å²) in [5.41, 5.74) is 3.76. The number of rotatable bonds is 5. The molecule has 2 aromatic rings. The number of amides is 2. The van der Waals surface area contributed by atoms with Crippen LogP contribution in [0.2, 0.25) is 0 Å². The van der Waals surface area contributed by atoms with Crippen LogP contribution in [0.3, 0.4) is 0 Å². The molecule has 6 nitrogen and oxygen atoms in total. The summed E-state index contributed by atoms with van der Waals surface area (Å²) in [6.45, 7) is 3.23. The molecule has 146 valence electrons. The first-order valence-corrected chi connectivity index (χ1v) is 9.65. The van der Waals surface area contributed by atoms with Gasteiger partial charge in [0.15, 0.2) is 6.61 Å². The summed E-state index contributed by atoms with van der Waals surface area (Å²) >= 11 is 0. The molecule has 2 amide bonds. The number of anilines is 2. The van der Waals surface area contributed by atoms with Gasteiger partial charge < -0.3 is 19.7 Å². The van der Waals surface area contributed by atoms with Crippen LogP contribution >= 0.6 is 0 Å². The zero-order chi connectivity index (χ0) is 19.5. The number of hydrogen-bond donors (Lipinski definition) is 1. The van der Waals surface area contributed by atoms with Crippen LogP contribution in [0.5, 0.6) is 5.75 Å². The lowest BCUT2D eigenvalue weighted by Crippen LogP contribution is -2.37. The fourth-order valence-electron chi connectivity index (χ4n) is 3.61. The lowest BCUT2D eigenvalue weighted by atomic mass is 10.1. The van der Waals surface area contributed by atoms with E-state index in [0.29, 0.717) is 24.6 Å². The summed E-state index contributed by atoms with van der Waals surface area (Å²) in [4.78, 5) is 26.7. The van der Waals surface area contributed by atoms with Crippen molar-refractivity contribution in [3.05, 3.63) is 53.6 Å². The molecule has 1 unspecified atom stereocenters. The van der Waals surface area contributed by atoms with Crippen LogP contribution in [0, 0.1) is 6.92 Å². The second kappa shape index (κ2) is 8.02. The summed E-state index contributed by atoms with van der Waals surface area (Å²) in [6, 6.07) is 13.2. The van der Waals surface area contributed by atoms with Crippen LogP contribution in [0.15, 0.2) is 42.5 Å². The van der Waals surface area contributed by atoms with Crippen molar-refractivity contribution in [1.29, 1.82) is 0 Å². The van der Waals surface area contributed by atoms with E-state index in [0.717, 1.165) is 36.1 Å². The molecule has 2 aliphatic heterocycles. The number of nitrogens with zero attached hydrogens (tertiary/aromatic N) is 1. The number of carbonyl (C=O) groups excluding carboxylic acids is 2. The molecule has 0 radical (unpaired) electrons. The topological polar surface area (TPSA) is 67.9 Å². The molecule has 0 spiro atoms. The number of benzene rings is 2. The fraction of sp³-hybridized carbons (Fsp3) is 0.364. The SMILES string of the molecule is Cc1ccc(OCC(=O)Nc2ccc3c(c2)N(C(=O)C2CCCO2)CC3)cc1. The van der Waals surface area contributed by atoms with Crippen molar-refractivity contribution >= 4 is 23.2 Å².